The number of anilines is 1. The summed E-state index contributed by atoms with van der Waals surface area (Å²) in [6, 6.07) is 0. The average Bonchev–Trinajstić information content (AvgIpc) is 2.15. The number of thioether (sulfide) groups is 1. The summed E-state index contributed by atoms with van der Waals surface area (Å²) in [5.74, 6) is 0.665. The molecule has 0 radical (unpaired) electrons. The maximum Gasteiger partial charge on any atom is 0.132 e. The Morgan fingerprint density at radius 1 is 1.70 bits per heavy atom. The highest BCUT2D eigenvalue weighted by Crippen LogP contribution is 2.25. The highest BCUT2D eigenvalue weighted by molar-refractivity contribution is 8.00. The third-order valence-electron chi connectivity index (χ3n) is 0.995. The number of hydrogen-bond acceptors (Lipinski definition) is 3. The van der Waals surface area contributed by atoms with Gasteiger partial charge in [-0.1, -0.05) is 13.8 Å². The molecule has 0 atom stereocenters. The van der Waals surface area contributed by atoms with Crippen molar-refractivity contribution in [1.82, 2.24) is 10.2 Å². The lowest BCUT2D eigenvalue weighted by molar-refractivity contribution is 1.10. The lowest BCUT2D eigenvalue weighted by Gasteiger charge is -2.00. The Morgan fingerprint density at radius 2 is 2.40 bits per heavy atom. The van der Waals surface area contributed by atoms with Gasteiger partial charge in [-0.25, -0.2) is 0 Å². The Morgan fingerprint density at radius 3 is 2.80 bits per heavy atom. The lowest BCUT2D eigenvalue weighted by atomic mass is 10.6. The number of rotatable bonds is 2. The first kappa shape index (κ1) is 7.47. The summed E-state index contributed by atoms with van der Waals surface area (Å²) in [7, 11) is 0. The molecule has 0 spiro atoms. The van der Waals surface area contributed by atoms with E-state index in [1.165, 1.54) is 0 Å². The lowest BCUT2D eigenvalue weighted by Crippen LogP contribution is -1.89. The van der Waals surface area contributed by atoms with Crippen LogP contribution in [0.3, 0.4) is 0 Å². The van der Waals surface area contributed by atoms with Crippen LogP contribution in [0, 0.1) is 0 Å². The van der Waals surface area contributed by atoms with Crippen LogP contribution in [0.5, 0.6) is 0 Å². The molecule has 0 unspecified atom stereocenters. The summed E-state index contributed by atoms with van der Waals surface area (Å²) in [5, 5.41) is 7.04. The van der Waals surface area contributed by atoms with E-state index in [2.05, 4.69) is 24.0 Å². The highest BCUT2D eigenvalue weighted by atomic mass is 32.2. The van der Waals surface area contributed by atoms with E-state index >= 15 is 0 Å². The van der Waals surface area contributed by atoms with Crippen molar-refractivity contribution in [3.63, 3.8) is 0 Å². The summed E-state index contributed by atoms with van der Waals surface area (Å²) < 4.78 is 0. The first-order valence-electron chi connectivity index (χ1n) is 3.15. The van der Waals surface area contributed by atoms with Crippen LogP contribution >= 0.6 is 11.8 Å². The Kier molecular flexibility index (Phi) is 2.21. The molecule has 10 heavy (non-hydrogen) atoms. The number of aromatic amines is 1. The number of nitrogens with one attached hydrogen (secondary N) is 1. The van der Waals surface area contributed by atoms with E-state index in [1.807, 2.05) is 0 Å². The number of nitrogens with zero attached hydrogens (tertiary/aromatic N) is 1. The van der Waals surface area contributed by atoms with Crippen molar-refractivity contribution in [1.29, 1.82) is 0 Å². The van der Waals surface area contributed by atoms with Crippen LogP contribution in [0.1, 0.15) is 13.8 Å². The fourth-order valence-corrected chi connectivity index (χ4v) is 1.43. The molecule has 3 N–H and O–H groups in total. The summed E-state index contributed by atoms with van der Waals surface area (Å²) in [4.78, 5) is 1.04. The van der Waals surface area contributed by atoms with E-state index in [9.17, 15) is 0 Å². The van der Waals surface area contributed by atoms with E-state index in [4.69, 9.17) is 5.73 Å². The molecule has 1 heterocycles. The van der Waals surface area contributed by atoms with Crippen LogP contribution in [0.15, 0.2) is 11.1 Å². The molecule has 56 valence electrons. The molecule has 0 aliphatic heterocycles. The van der Waals surface area contributed by atoms with Crippen LogP contribution in [-0.2, 0) is 0 Å². The minimum atomic E-state index is 0.555. The Bertz CT molecular complexity index is 207. The predicted molar refractivity (Wildman–Crippen MR) is 44.0 cm³/mol. The molecular weight excluding hydrogens is 146 g/mol. The second-order valence-electron chi connectivity index (χ2n) is 2.31. The Hall–Kier alpha value is -0.640. The van der Waals surface area contributed by atoms with E-state index in [0.717, 1.165) is 4.90 Å². The van der Waals surface area contributed by atoms with Gasteiger partial charge in [0.15, 0.2) is 0 Å². The molecular formula is C6H11N3S. The van der Waals surface area contributed by atoms with Gasteiger partial charge in [0.25, 0.3) is 0 Å². The number of nitrogens with two attached hydrogens (primary N) is 1. The SMILES string of the molecule is CC(C)Sc1cn[nH]c1N. The van der Waals surface area contributed by atoms with Gasteiger partial charge >= 0.3 is 0 Å². The predicted octanol–water partition coefficient (Wildman–Crippen LogP) is 1.49. The van der Waals surface area contributed by atoms with E-state index in [1.54, 1.807) is 18.0 Å². The van der Waals surface area contributed by atoms with E-state index in [0.29, 0.717) is 11.1 Å². The molecule has 0 saturated heterocycles. The topological polar surface area (TPSA) is 54.7 Å². The molecule has 1 rings (SSSR count). The minimum absolute atomic E-state index is 0.555. The van der Waals surface area contributed by atoms with Crippen LogP contribution in [0.2, 0.25) is 0 Å². The van der Waals surface area contributed by atoms with Gasteiger partial charge < -0.3 is 5.73 Å². The van der Waals surface area contributed by atoms with Gasteiger partial charge in [0, 0.05) is 5.25 Å². The highest BCUT2D eigenvalue weighted by Gasteiger charge is 2.02. The quantitative estimate of drug-likeness (QED) is 0.639. The Balaban J connectivity index is 2.65. The summed E-state index contributed by atoms with van der Waals surface area (Å²) in [6.07, 6.45) is 1.75. The number of nitrogen functional groups attached to an aromatic ring is 1. The third kappa shape index (κ3) is 1.67. The van der Waals surface area contributed by atoms with Crippen LogP contribution in [0.4, 0.5) is 5.82 Å². The fraction of sp³-hybridized carbons (Fsp3) is 0.500. The second kappa shape index (κ2) is 2.96. The maximum atomic E-state index is 5.55. The smallest absolute Gasteiger partial charge is 0.132 e. The molecule has 1 aromatic rings. The van der Waals surface area contributed by atoms with Crippen molar-refractivity contribution in [3.8, 4) is 0 Å². The molecule has 0 aliphatic carbocycles. The first-order valence-corrected chi connectivity index (χ1v) is 4.03. The maximum absolute atomic E-state index is 5.55. The van der Waals surface area contributed by atoms with Gasteiger partial charge in [-0.05, 0) is 0 Å². The fourth-order valence-electron chi connectivity index (χ4n) is 0.633. The van der Waals surface area contributed by atoms with Crippen molar-refractivity contribution in [2.24, 2.45) is 0 Å². The zero-order valence-corrected chi connectivity index (χ0v) is 6.90. The van der Waals surface area contributed by atoms with Gasteiger partial charge in [-0.15, -0.1) is 11.8 Å². The van der Waals surface area contributed by atoms with Gasteiger partial charge in [-0.3, -0.25) is 5.10 Å². The summed E-state index contributed by atoms with van der Waals surface area (Å²) >= 11 is 1.71. The van der Waals surface area contributed by atoms with Gasteiger partial charge in [0.1, 0.15) is 5.82 Å². The molecule has 0 bridgehead atoms. The average molecular weight is 157 g/mol. The first-order chi connectivity index (χ1) is 4.70. The third-order valence-corrected chi connectivity index (χ3v) is 2.05. The van der Waals surface area contributed by atoms with Crippen molar-refractivity contribution in [2.75, 3.05) is 5.73 Å². The van der Waals surface area contributed by atoms with Gasteiger partial charge in [0.2, 0.25) is 0 Å². The largest absolute Gasteiger partial charge is 0.383 e. The zero-order chi connectivity index (χ0) is 7.56. The Labute approximate surface area is 64.4 Å². The molecule has 3 nitrogen and oxygen atoms in total. The molecule has 0 aromatic carbocycles. The summed E-state index contributed by atoms with van der Waals surface area (Å²) in [5.41, 5.74) is 5.55. The van der Waals surface area contributed by atoms with Crippen LogP contribution < -0.4 is 5.73 Å². The monoisotopic (exact) mass is 157 g/mol. The molecule has 0 fully saturated rings. The minimum Gasteiger partial charge on any atom is -0.383 e. The van der Waals surface area contributed by atoms with E-state index < -0.39 is 0 Å². The van der Waals surface area contributed by atoms with Gasteiger partial charge in [-0.2, -0.15) is 5.10 Å². The van der Waals surface area contributed by atoms with Crippen LogP contribution in [-0.4, -0.2) is 15.4 Å². The van der Waals surface area contributed by atoms with Gasteiger partial charge in [0.05, 0.1) is 11.1 Å². The molecule has 0 aliphatic rings. The molecule has 0 saturated carbocycles. The van der Waals surface area contributed by atoms with Crippen molar-refractivity contribution in [2.45, 2.75) is 24.0 Å². The standard InChI is InChI=1S/C6H11N3S/c1-4(2)10-5-3-8-9-6(5)7/h3-4H,1-2H3,(H3,7,8,9). The number of aromatic nitrogens is 2. The molecule has 1 aromatic heterocycles. The van der Waals surface area contributed by atoms with Crippen molar-refractivity contribution in [3.05, 3.63) is 6.20 Å². The van der Waals surface area contributed by atoms with Crippen molar-refractivity contribution < 1.29 is 0 Å². The molecule has 4 heteroatoms. The number of H-pyrrole nitrogens is 1. The molecule has 0 amide bonds. The summed E-state index contributed by atoms with van der Waals surface area (Å²) in [6.45, 7) is 4.24. The second-order valence-corrected chi connectivity index (χ2v) is 3.93. The zero-order valence-electron chi connectivity index (χ0n) is 6.09. The normalized spacial score (nSPS) is 10.7. The van der Waals surface area contributed by atoms with Crippen molar-refractivity contribution >= 4 is 17.6 Å². The number of hydrogen-bond donors (Lipinski definition) is 2. The van der Waals surface area contributed by atoms with E-state index in [-0.39, 0.29) is 0 Å². The van der Waals surface area contributed by atoms with Crippen LogP contribution in [0.25, 0.3) is 0 Å².